The van der Waals surface area contributed by atoms with Crippen molar-refractivity contribution in [1.82, 2.24) is 9.80 Å². The molecular formula is C19H29N3O. The van der Waals surface area contributed by atoms with Gasteiger partial charge in [-0.1, -0.05) is 19.1 Å². The second kappa shape index (κ2) is 7.24. The van der Waals surface area contributed by atoms with Crippen LogP contribution in [0, 0.1) is 6.92 Å². The van der Waals surface area contributed by atoms with Crippen LogP contribution in [0.25, 0.3) is 0 Å². The monoisotopic (exact) mass is 315 g/mol. The maximum atomic E-state index is 12.9. The van der Waals surface area contributed by atoms with Crippen molar-refractivity contribution in [3.05, 3.63) is 29.8 Å². The molecule has 2 saturated heterocycles. The Kier molecular flexibility index (Phi) is 5.09. The number of piperazine rings is 1. The molecule has 0 spiro atoms. The lowest BCUT2D eigenvalue weighted by atomic mass is 10.0. The lowest BCUT2D eigenvalue weighted by Gasteiger charge is -2.42. The van der Waals surface area contributed by atoms with Gasteiger partial charge in [-0.15, -0.1) is 0 Å². The first-order chi connectivity index (χ1) is 11.2. The maximum absolute atomic E-state index is 12.9. The fraction of sp³-hybridized carbons (Fsp3) is 0.632. The zero-order valence-electron chi connectivity index (χ0n) is 14.5. The molecule has 0 aromatic heterocycles. The van der Waals surface area contributed by atoms with E-state index in [-0.39, 0.29) is 6.03 Å². The minimum Gasteiger partial charge on any atom is -0.368 e. The first kappa shape index (κ1) is 16.2. The van der Waals surface area contributed by atoms with Crippen LogP contribution in [0.5, 0.6) is 0 Å². The fourth-order valence-corrected chi connectivity index (χ4v) is 3.84. The highest BCUT2D eigenvalue weighted by atomic mass is 16.2. The Morgan fingerprint density at radius 3 is 2.61 bits per heavy atom. The highest BCUT2D eigenvalue weighted by Crippen LogP contribution is 2.23. The number of piperidine rings is 1. The van der Waals surface area contributed by atoms with Crippen molar-refractivity contribution in [1.29, 1.82) is 0 Å². The molecule has 0 aliphatic carbocycles. The number of nitrogens with zero attached hydrogens (tertiary/aromatic N) is 3. The minimum absolute atomic E-state index is 0.264. The summed E-state index contributed by atoms with van der Waals surface area (Å²) in [4.78, 5) is 19.4. The smallest absolute Gasteiger partial charge is 0.320 e. The molecule has 1 atom stereocenters. The van der Waals surface area contributed by atoms with Crippen LogP contribution in [0.15, 0.2) is 24.3 Å². The number of rotatable bonds is 2. The Balaban J connectivity index is 1.59. The number of aryl methyl sites for hydroxylation is 1. The summed E-state index contributed by atoms with van der Waals surface area (Å²) >= 11 is 0. The van der Waals surface area contributed by atoms with E-state index >= 15 is 0 Å². The summed E-state index contributed by atoms with van der Waals surface area (Å²) in [5, 5.41) is 0. The topological polar surface area (TPSA) is 26.8 Å². The van der Waals surface area contributed by atoms with Crippen LogP contribution in [0.2, 0.25) is 0 Å². The van der Waals surface area contributed by atoms with E-state index in [0.717, 1.165) is 45.6 Å². The highest BCUT2D eigenvalue weighted by molar-refractivity contribution is 5.75. The molecule has 126 valence electrons. The van der Waals surface area contributed by atoms with Crippen LogP contribution in [-0.2, 0) is 0 Å². The van der Waals surface area contributed by atoms with Crippen molar-refractivity contribution < 1.29 is 4.79 Å². The van der Waals surface area contributed by atoms with E-state index in [2.05, 4.69) is 52.8 Å². The molecule has 1 aromatic carbocycles. The molecule has 2 aliphatic heterocycles. The van der Waals surface area contributed by atoms with Gasteiger partial charge in [0.05, 0.1) is 0 Å². The number of hydrogen-bond acceptors (Lipinski definition) is 2. The molecule has 0 N–H and O–H groups in total. The molecule has 1 aromatic rings. The van der Waals surface area contributed by atoms with Gasteiger partial charge in [0.25, 0.3) is 0 Å². The van der Waals surface area contributed by atoms with Crippen molar-refractivity contribution in [2.24, 2.45) is 0 Å². The molecule has 0 saturated carbocycles. The van der Waals surface area contributed by atoms with Crippen molar-refractivity contribution in [3.63, 3.8) is 0 Å². The Bertz CT molecular complexity index is 537. The third-order valence-electron chi connectivity index (χ3n) is 5.26. The van der Waals surface area contributed by atoms with Crippen molar-refractivity contribution in [3.8, 4) is 0 Å². The number of urea groups is 1. The lowest BCUT2D eigenvalue weighted by Crippen LogP contribution is -2.55. The Morgan fingerprint density at radius 1 is 1.13 bits per heavy atom. The summed E-state index contributed by atoms with van der Waals surface area (Å²) in [6, 6.07) is 9.36. The van der Waals surface area contributed by atoms with Gasteiger partial charge in [0.15, 0.2) is 0 Å². The maximum Gasteiger partial charge on any atom is 0.320 e. The van der Waals surface area contributed by atoms with Gasteiger partial charge < -0.3 is 14.7 Å². The summed E-state index contributed by atoms with van der Waals surface area (Å²) in [5.74, 6) is 0. The van der Waals surface area contributed by atoms with E-state index in [9.17, 15) is 4.79 Å². The van der Waals surface area contributed by atoms with Gasteiger partial charge in [0, 0.05) is 44.5 Å². The van der Waals surface area contributed by atoms with Crippen LogP contribution in [0.3, 0.4) is 0 Å². The number of anilines is 1. The lowest BCUT2D eigenvalue weighted by molar-refractivity contribution is 0.111. The molecule has 2 amide bonds. The van der Waals surface area contributed by atoms with Gasteiger partial charge in [-0.25, -0.2) is 4.79 Å². The highest BCUT2D eigenvalue weighted by Gasteiger charge is 2.30. The molecule has 0 radical (unpaired) electrons. The summed E-state index contributed by atoms with van der Waals surface area (Å²) in [5.41, 5.74) is 2.57. The SMILES string of the molecule is CCC1CCCCN1C(=O)N1CCN(c2cccc(C)c2)CC1. The molecule has 23 heavy (non-hydrogen) atoms. The molecule has 2 fully saturated rings. The van der Waals surface area contributed by atoms with E-state index in [4.69, 9.17) is 0 Å². The number of likely N-dealkylation sites (tertiary alicyclic amines) is 1. The number of hydrogen-bond donors (Lipinski definition) is 0. The van der Waals surface area contributed by atoms with Gasteiger partial charge in [0.1, 0.15) is 0 Å². The van der Waals surface area contributed by atoms with E-state index in [0.29, 0.717) is 6.04 Å². The molecule has 4 nitrogen and oxygen atoms in total. The van der Waals surface area contributed by atoms with Crippen molar-refractivity contribution in [2.75, 3.05) is 37.6 Å². The molecule has 1 unspecified atom stereocenters. The van der Waals surface area contributed by atoms with Crippen LogP contribution >= 0.6 is 0 Å². The molecule has 4 heteroatoms. The number of carbonyl (C=O) groups excluding carboxylic acids is 1. The van der Waals surface area contributed by atoms with Crippen LogP contribution in [0.4, 0.5) is 10.5 Å². The van der Waals surface area contributed by atoms with Crippen LogP contribution in [0.1, 0.15) is 38.2 Å². The number of carbonyl (C=O) groups is 1. The van der Waals surface area contributed by atoms with Crippen molar-refractivity contribution >= 4 is 11.7 Å². The normalized spacial score (nSPS) is 22.3. The average Bonchev–Trinajstić information content (AvgIpc) is 2.61. The molecule has 2 heterocycles. The van der Waals surface area contributed by atoms with E-state index in [1.165, 1.54) is 24.1 Å². The zero-order chi connectivity index (χ0) is 16.2. The predicted octanol–water partition coefficient (Wildman–Crippen LogP) is 3.50. The zero-order valence-corrected chi connectivity index (χ0v) is 14.5. The van der Waals surface area contributed by atoms with Gasteiger partial charge in [-0.2, -0.15) is 0 Å². The Hall–Kier alpha value is -1.71. The summed E-state index contributed by atoms with van der Waals surface area (Å²) in [6.45, 7) is 8.80. The van der Waals surface area contributed by atoms with E-state index in [1.807, 2.05) is 0 Å². The summed E-state index contributed by atoms with van der Waals surface area (Å²) in [6.07, 6.45) is 4.68. The summed E-state index contributed by atoms with van der Waals surface area (Å²) < 4.78 is 0. The van der Waals surface area contributed by atoms with Gasteiger partial charge in [0.2, 0.25) is 0 Å². The quantitative estimate of drug-likeness (QED) is 0.835. The first-order valence-corrected chi connectivity index (χ1v) is 9.06. The second-order valence-electron chi connectivity index (χ2n) is 6.85. The minimum atomic E-state index is 0.264. The number of amides is 2. The van der Waals surface area contributed by atoms with Crippen LogP contribution < -0.4 is 4.90 Å². The predicted molar refractivity (Wildman–Crippen MR) is 95.0 cm³/mol. The van der Waals surface area contributed by atoms with E-state index < -0.39 is 0 Å². The van der Waals surface area contributed by atoms with Gasteiger partial charge in [-0.05, 0) is 50.3 Å². The molecule has 3 rings (SSSR count). The van der Waals surface area contributed by atoms with Crippen molar-refractivity contribution in [2.45, 2.75) is 45.6 Å². The fourth-order valence-electron chi connectivity index (χ4n) is 3.84. The summed E-state index contributed by atoms with van der Waals surface area (Å²) in [7, 11) is 0. The first-order valence-electron chi connectivity index (χ1n) is 9.06. The van der Waals surface area contributed by atoms with Gasteiger partial charge in [-0.3, -0.25) is 0 Å². The Labute approximate surface area is 140 Å². The third-order valence-corrected chi connectivity index (χ3v) is 5.26. The van der Waals surface area contributed by atoms with Crippen LogP contribution in [-0.4, -0.2) is 54.6 Å². The molecule has 2 aliphatic rings. The molecule has 0 bridgehead atoms. The van der Waals surface area contributed by atoms with E-state index in [1.54, 1.807) is 0 Å². The van der Waals surface area contributed by atoms with Gasteiger partial charge >= 0.3 is 6.03 Å². The number of benzene rings is 1. The second-order valence-corrected chi connectivity index (χ2v) is 6.85. The Morgan fingerprint density at radius 2 is 1.91 bits per heavy atom. The third kappa shape index (κ3) is 3.62. The standard InChI is InChI=1S/C19H29N3O/c1-3-17-8-4-5-10-22(17)19(23)21-13-11-20(12-14-21)18-9-6-7-16(2)15-18/h6-7,9,15,17H,3-5,8,10-14H2,1-2H3. The largest absolute Gasteiger partial charge is 0.368 e. The molecular weight excluding hydrogens is 286 g/mol. The average molecular weight is 315 g/mol.